The van der Waals surface area contributed by atoms with Crippen LogP contribution < -0.4 is 0 Å². The Bertz CT molecular complexity index is 425. The number of hydrogen-bond donors (Lipinski definition) is 1. The number of halogens is 1. The van der Waals surface area contributed by atoms with Gasteiger partial charge in [-0.3, -0.25) is 4.68 Å². The van der Waals surface area contributed by atoms with Crippen molar-refractivity contribution in [2.45, 2.75) is 46.1 Å². The molecule has 0 radical (unpaired) electrons. The van der Waals surface area contributed by atoms with Gasteiger partial charge in [0.1, 0.15) is 0 Å². The van der Waals surface area contributed by atoms with E-state index in [4.69, 9.17) is 16.3 Å². The van der Waals surface area contributed by atoms with E-state index in [1.54, 1.807) is 0 Å². The Kier molecular flexibility index (Phi) is 4.87. The zero-order chi connectivity index (χ0) is 13.9. The van der Waals surface area contributed by atoms with Crippen LogP contribution in [0.4, 0.5) is 0 Å². The second-order valence-electron chi connectivity index (χ2n) is 5.32. The molecular formula is C14H23ClN2O2. The van der Waals surface area contributed by atoms with Crippen molar-refractivity contribution >= 4 is 11.6 Å². The molecule has 1 aliphatic heterocycles. The smallest absolute Gasteiger partial charge is 0.0850 e. The lowest BCUT2D eigenvalue weighted by Gasteiger charge is -2.35. The van der Waals surface area contributed by atoms with Gasteiger partial charge in [-0.15, -0.1) is 0 Å². The van der Waals surface area contributed by atoms with Crippen molar-refractivity contribution in [1.29, 1.82) is 0 Å². The van der Waals surface area contributed by atoms with Crippen molar-refractivity contribution in [3.8, 4) is 0 Å². The molecule has 4 nitrogen and oxygen atoms in total. The van der Waals surface area contributed by atoms with E-state index in [1.807, 2.05) is 4.68 Å². The highest BCUT2D eigenvalue weighted by molar-refractivity contribution is 6.31. The molecule has 0 bridgehead atoms. The molecule has 0 atom stereocenters. The minimum absolute atomic E-state index is 0.0974. The number of aliphatic hydroxyl groups is 1. The summed E-state index contributed by atoms with van der Waals surface area (Å²) in [5.74, 6) is 0. The van der Waals surface area contributed by atoms with E-state index >= 15 is 0 Å². The Morgan fingerprint density at radius 1 is 1.37 bits per heavy atom. The Labute approximate surface area is 119 Å². The summed E-state index contributed by atoms with van der Waals surface area (Å²) in [6.45, 7) is 6.57. The first-order chi connectivity index (χ1) is 9.15. The number of rotatable bonds is 5. The summed E-state index contributed by atoms with van der Waals surface area (Å²) < 4.78 is 7.39. The normalized spacial score (nSPS) is 18.7. The third kappa shape index (κ3) is 2.96. The molecule has 1 saturated heterocycles. The van der Waals surface area contributed by atoms with Crippen molar-refractivity contribution in [3.05, 3.63) is 16.4 Å². The Balaban J connectivity index is 2.28. The van der Waals surface area contributed by atoms with Gasteiger partial charge in [-0.2, -0.15) is 5.10 Å². The highest BCUT2D eigenvalue weighted by Gasteiger charge is 2.34. The second-order valence-corrected chi connectivity index (χ2v) is 5.70. The van der Waals surface area contributed by atoms with Gasteiger partial charge in [0.25, 0.3) is 0 Å². The van der Waals surface area contributed by atoms with Crippen LogP contribution in [0.25, 0.3) is 0 Å². The molecule has 0 amide bonds. The monoisotopic (exact) mass is 286 g/mol. The lowest BCUT2D eigenvalue weighted by molar-refractivity contribution is -0.0167. The van der Waals surface area contributed by atoms with Gasteiger partial charge in [-0.25, -0.2) is 0 Å². The number of aromatic nitrogens is 2. The molecule has 0 aromatic carbocycles. The maximum Gasteiger partial charge on any atom is 0.0850 e. The van der Waals surface area contributed by atoms with Gasteiger partial charge in [0.05, 0.1) is 16.4 Å². The molecule has 2 rings (SSSR count). The molecule has 5 heteroatoms. The first-order valence-corrected chi connectivity index (χ1v) is 7.46. The van der Waals surface area contributed by atoms with Gasteiger partial charge < -0.3 is 9.84 Å². The molecule has 1 fully saturated rings. The van der Waals surface area contributed by atoms with Crippen molar-refractivity contribution in [2.24, 2.45) is 5.41 Å². The highest BCUT2D eigenvalue weighted by Crippen LogP contribution is 2.36. The van der Waals surface area contributed by atoms with Crippen molar-refractivity contribution < 1.29 is 9.84 Å². The number of aliphatic hydroxyl groups excluding tert-OH is 1. The zero-order valence-corrected chi connectivity index (χ0v) is 12.5. The van der Waals surface area contributed by atoms with Gasteiger partial charge >= 0.3 is 0 Å². The summed E-state index contributed by atoms with van der Waals surface area (Å²) in [6, 6.07) is 0. The van der Waals surface area contributed by atoms with Crippen LogP contribution in [0.15, 0.2) is 0 Å². The van der Waals surface area contributed by atoms with Crippen LogP contribution in [0.5, 0.6) is 0 Å². The van der Waals surface area contributed by atoms with E-state index in [1.165, 1.54) is 0 Å². The van der Waals surface area contributed by atoms with Crippen LogP contribution in [0.1, 0.15) is 38.1 Å². The highest BCUT2D eigenvalue weighted by atomic mass is 35.5. The molecule has 0 saturated carbocycles. The first kappa shape index (κ1) is 14.8. The number of ether oxygens (including phenoxy) is 1. The van der Waals surface area contributed by atoms with Crippen LogP contribution in [0.2, 0.25) is 5.02 Å². The predicted octanol–water partition coefficient (Wildman–Crippen LogP) is 2.45. The van der Waals surface area contributed by atoms with E-state index in [2.05, 4.69) is 18.9 Å². The van der Waals surface area contributed by atoms with Crippen LogP contribution in [-0.4, -0.2) is 34.7 Å². The third-order valence-corrected chi connectivity index (χ3v) is 4.56. The topological polar surface area (TPSA) is 47.3 Å². The minimum atomic E-state index is -0.0974. The van der Waals surface area contributed by atoms with Gasteiger partial charge in [0, 0.05) is 31.8 Å². The lowest BCUT2D eigenvalue weighted by atomic mass is 9.77. The van der Waals surface area contributed by atoms with E-state index in [-0.39, 0.29) is 12.0 Å². The molecule has 0 aliphatic carbocycles. The molecule has 1 aromatic heterocycles. The van der Waals surface area contributed by atoms with Crippen LogP contribution >= 0.6 is 11.6 Å². The Morgan fingerprint density at radius 2 is 2.05 bits per heavy atom. The SMILES string of the molecule is CCc1nn(CC)c(CC2(CO)CCOCC2)c1Cl. The van der Waals surface area contributed by atoms with Gasteiger partial charge in [0.2, 0.25) is 0 Å². The summed E-state index contributed by atoms with van der Waals surface area (Å²) in [7, 11) is 0. The molecule has 1 aliphatic rings. The molecular weight excluding hydrogens is 264 g/mol. The fourth-order valence-electron chi connectivity index (χ4n) is 2.74. The van der Waals surface area contributed by atoms with E-state index in [0.717, 1.165) is 61.9 Å². The van der Waals surface area contributed by atoms with Crippen LogP contribution in [-0.2, 0) is 24.1 Å². The summed E-state index contributed by atoms with van der Waals surface area (Å²) in [5.41, 5.74) is 1.93. The summed E-state index contributed by atoms with van der Waals surface area (Å²) in [5, 5.41) is 15.1. The quantitative estimate of drug-likeness (QED) is 0.904. The molecule has 0 unspecified atom stereocenters. The van der Waals surface area contributed by atoms with Gasteiger partial charge in [0.15, 0.2) is 0 Å². The second kappa shape index (κ2) is 6.25. The maximum absolute atomic E-state index is 9.79. The Hall–Kier alpha value is -0.580. The average molecular weight is 287 g/mol. The molecule has 1 aromatic rings. The number of nitrogens with zero attached hydrogens (tertiary/aromatic N) is 2. The Morgan fingerprint density at radius 3 is 2.58 bits per heavy atom. The lowest BCUT2D eigenvalue weighted by Crippen LogP contribution is -2.35. The molecule has 0 spiro atoms. The predicted molar refractivity (Wildman–Crippen MR) is 75.6 cm³/mol. The molecule has 19 heavy (non-hydrogen) atoms. The molecule has 2 heterocycles. The average Bonchev–Trinajstić information content (AvgIpc) is 2.76. The van der Waals surface area contributed by atoms with Crippen LogP contribution in [0.3, 0.4) is 0 Å². The maximum atomic E-state index is 9.79. The first-order valence-electron chi connectivity index (χ1n) is 7.08. The van der Waals surface area contributed by atoms with Crippen molar-refractivity contribution in [1.82, 2.24) is 9.78 Å². The zero-order valence-electron chi connectivity index (χ0n) is 11.8. The number of hydrogen-bond acceptors (Lipinski definition) is 3. The standard InChI is InChI=1S/C14H23ClN2O2/c1-3-11-13(15)12(17(4-2)16-11)9-14(10-18)5-7-19-8-6-14/h18H,3-10H2,1-2H3. The van der Waals surface area contributed by atoms with Crippen molar-refractivity contribution in [3.63, 3.8) is 0 Å². The fourth-order valence-corrected chi connectivity index (χ4v) is 3.07. The molecule has 108 valence electrons. The minimum Gasteiger partial charge on any atom is -0.396 e. The van der Waals surface area contributed by atoms with Gasteiger partial charge in [-0.05, 0) is 32.6 Å². The summed E-state index contributed by atoms with van der Waals surface area (Å²) >= 11 is 6.45. The van der Waals surface area contributed by atoms with Crippen LogP contribution in [0, 0.1) is 5.41 Å². The van der Waals surface area contributed by atoms with E-state index in [9.17, 15) is 5.11 Å². The van der Waals surface area contributed by atoms with E-state index in [0.29, 0.717) is 0 Å². The largest absolute Gasteiger partial charge is 0.396 e. The van der Waals surface area contributed by atoms with Crippen molar-refractivity contribution in [2.75, 3.05) is 19.8 Å². The number of aryl methyl sites for hydroxylation is 2. The fraction of sp³-hybridized carbons (Fsp3) is 0.786. The van der Waals surface area contributed by atoms with Gasteiger partial charge in [-0.1, -0.05) is 18.5 Å². The third-order valence-electron chi connectivity index (χ3n) is 4.13. The summed E-state index contributed by atoms with van der Waals surface area (Å²) in [4.78, 5) is 0. The molecule has 1 N–H and O–H groups in total. The van der Waals surface area contributed by atoms with E-state index < -0.39 is 0 Å². The summed E-state index contributed by atoms with van der Waals surface area (Å²) in [6.07, 6.45) is 3.40.